The van der Waals surface area contributed by atoms with Gasteiger partial charge in [0.25, 0.3) is 10.0 Å². The second-order valence-electron chi connectivity index (χ2n) is 7.34. The normalized spacial score (nSPS) is 16.7. The molecule has 3 rings (SSSR count). The third-order valence-electron chi connectivity index (χ3n) is 4.70. The van der Waals surface area contributed by atoms with Gasteiger partial charge in [-0.3, -0.25) is 9.52 Å². The number of carbonyl (C=O) groups excluding carboxylic acids is 1. The third kappa shape index (κ3) is 3.46. The van der Waals surface area contributed by atoms with Crippen molar-refractivity contribution in [2.24, 2.45) is 5.92 Å². The zero-order valence-corrected chi connectivity index (χ0v) is 16.2. The summed E-state index contributed by atoms with van der Waals surface area (Å²) in [6, 6.07) is 12.1. The fraction of sp³-hybridized carbons (Fsp3) is 0.350. The van der Waals surface area contributed by atoms with E-state index in [1.807, 2.05) is 26.0 Å². The van der Waals surface area contributed by atoms with Gasteiger partial charge in [-0.15, -0.1) is 0 Å². The lowest BCUT2D eigenvalue weighted by molar-refractivity contribution is -0.117. The molecule has 0 fully saturated rings. The molecule has 1 aliphatic heterocycles. The monoisotopic (exact) mass is 372 g/mol. The fourth-order valence-electron chi connectivity index (χ4n) is 3.26. The summed E-state index contributed by atoms with van der Waals surface area (Å²) in [7, 11) is -3.68. The zero-order valence-electron chi connectivity index (χ0n) is 15.4. The molecule has 0 bridgehead atoms. The van der Waals surface area contributed by atoms with Crippen molar-refractivity contribution in [1.82, 2.24) is 0 Å². The lowest BCUT2D eigenvalue weighted by Crippen LogP contribution is -2.17. The zero-order chi connectivity index (χ0) is 19.1. The predicted octanol–water partition coefficient (Wildman–Crippen LogP) is 4.30. The number of benzene rings is 2. The Morgan fingerprint density at radius 2 is 1.65 bits per heavy atom. The maximum atomic E-state index is 12.7. The highest BCUT2D eigenvalue weighted by molar-refractivity contribution is 7.92. The summed E-state index contributed by atoms with van der Waals surface area (Å²) in [5.41, 5.74) is 3.13. The molecule has 5 nitrogen and oxygen atoms in total. The SMILES string of the molecule is CC(C)c1ccc(S(=O)(=O)Nc2ccc3c(c2)C(C(C)C)C(=O)N3)cc1. The predicted molar refractivity (Wildman–Crippen MR) is 104 cm³/mol. The van der Waals surface area contributed by atoms with Crippen LogP contribution in [-0.4, -0.2) is 14.3 Å². The van der Waals surface area contributed by atoms with E-state index in [0.29, 0.717) is 11.6 Å². The Balaban J connectivity index is 1.88. The minimum Gasteiger partial charge on any atom is -0.325 e. The van der Waals surface area contributed by atoms with Gasteiger partial charge in [0.2, 0.25) is 5.91 Å². The average Bonchev–Trinajstić information content (AvgIpc) is 2.89. The number of fused-ring (bicyclic) bond motifs is 1. The van der Waals surface area contributed by atoms with Gasteiger partial charge in [-0.2, -0.15) is 0 Å². The summed E-state index contributed by atoms with van der Waals surface area (Å²) in [4.78, 5) is 12.3. The van der Waals surface area contributed by atoms with Crippen LogP contribution < -0.4 is 10.0 Å². The molecule has 2 aromatic carbocycles. The first-order valence-corrected chi connectivity index (χ1v) is 10.2. The quantitative estimate of drug-likeness (QED) is 0.821. The van der Waals surface area contributed by atoms with Gasteiger partial charge < -0.3 is 5.32 Å². The van der Waals surface area contributed by atoms with Crippen LogP contribution in [0.5, 0.6) is 0 Å². The number of amides is 1. The minimum absolute atomic E-state index is 0.0423. The minimum atomic E-state index is -3.68. The molecule has 1 heterocycles. The van der Waals surface area contributed by atoms with Gasteiger partial charge in [0, 0.05) is 11.4 Å². The van der Waals surface area contributed by atoms with Gasteiger partial charge >= 0.3 is 0 Å². The van der Waals surface area contributed by atoms with E-state index in [-0.39, 0.29) is 22.6 Å². The third-order valence-corrected chi connectivity index (χ3v) is 6.10. The molecule has 1 amide bonds. The van der Waals surface area contributed by atoms with Crippen molar-refractivity contribution in [3.05, 3.63) is 53.6 Å². The Labute approximate surface area is 154 Å². The number of hydrogen-bond acceptors (Lipinski definition) is 3. The number of carbonyl (C=O) groups is 1. The molecule has 0 spiro atoms. The molecule has 0 radical (unpaired) electrons. The van der Waals surface area contributed by atoms with Crippen LogP contribution in [0, 0.1) is 5.92 Å². The van der Waals surface area contributed by atoms with E-state index < -0.39 is 10.0 Å². The lowest BCUT2D eigenvalue weighted by atomic mass is 9.89. The molecule has 26 heavy (non-hydrogen) atoms. The Hall–Kier alpha value is -2.34. The molecular formula is C20H24N2O3S. The molecule has 0 saturated carbocycles. The standard InChI is InChI=1S/C20H24N2O3S/c1-12(2)14-5-8-16(9-6-14)26(24,25)22-15-7-10-18-17(11-15)19(13(3)4)20(23)21-18/h5-13,19,22H,1-4H3,(H,21,23). The number of hydrogen-bond donors (Lipinski definition) is 2. The van der Waals surface area contributed by atoms with Crippen molar-refractivity contribution >= 4 is 27.3 Å². The number of sulfonamides is 1. The first-order chi connectivity index (χ1) is 12.2. The molecule has 1 aliphatic rings. The first-order valence-electron chi connectivity index (χ1n) is 8.76. The van der Waals surface area contributed by atoms with Crippen LogP contribution in [0.3, 0.4) is 0 Å². The summed E-state index contributed by atoms with van der Waals surface area (Å²) < 4.78 is 28.0. The second kappa shape index (κ2) is 6.76. The van der Waals surface area contributed by atoms with Crippen LogP contribution >= 0.6 is 0 Å². The van der Waals surface area contributed by atoms with Gasteiger partial charge in [-0.1, -0.05) is 39.8 Å². The largest absolute Gasteiger partial charge is 0.325 e. The maximum absolute atomic E-state index is 12.7. The lowest BCUT2D eigenvalue weighted by Gasteiger charge is -2.14. The van der Waals surface area contributed by atoms with Crippen molar-refractivity contribution in [3.8, 4) is 0 Å². The highest BCUT2D eigenvalue weighted by Gasteiger charge is 2.33. The Kier molecular flexibility index (Phi) is 4.80. The van der Waals surface area contributed by atoms with Crippen molar-refractivity contribution in [3.63, 3.8) is 0 Å². The van der Waals surface area contributed by atoms with Crippen molar-refractivity contribution < 1.29 is 13.2 Å². The van der Waals surface area contributed by atoms with Crippen LogP contribution in [0.2, 0.25) is 0 Å². The highest BCUT2D eigenvalue weighted by atomic mass is 32.2. The summed E-state index contributed by atoms with van der Waals surface area (Å²) in [6.07, 6.45) is 0. The summed E-state index contributed by atoms with van der Waals surface area (Å²) in [5, 5.41) is 2.85. The topological polar surface area (TPSA) is 75.3 Å². The summed E-state index contributed by atoms with van der Waals surface area (Å²) in [5.74, 6) is 0.167. The van der Waals surface area contributed by atoms with E-state index in [1.54, 1.807) is 30.3 Å². The van der Waals surface area contributed by atoms with Crippen molar-refractivity contribution in [1.29, 1.82) is 0 Å². The van der Waals surface area contributed by atoms with Gasteiger partial charge in [0.05, 0.1) is 10.8 Å². The van der Waals surface area contributed by atoms with E-state index in [9.17, 15) is 13.2 Å². The van der Waals surface area contributed by atoms with Crippen LogP contribution in [0.4, 0.5) is 11.4 Å². The van der Waals surface area contributed by atoms with Gasteiger partial charge in [-0.25, -0.2) is 8.42 Å². The van der Waals surface area contributed by atoms with Crippen LogP contribution in [0.1, 0.15) is 50.7 Å². The van der Waals surface area contributed by atoms with E-state index in [4.69, 9.17) is 0 Å². The Morgan fingerprint density at radius 1 is 1.00 bits per heavy atom. The molecule has 2 aromatic rings. The van der Waals surface area contributed by atoms with E-state index >= 15 is 0 Å². The molecule has 1 unspecified atom stereocenters. The average molecular weight is 372 g/mol. The molecule has 6 heteroatoms. The van der Waals surface area contributed by atoms with E-state index in [2.05, 4.69) is 23.9 Å². The number of nitrogens with one attached hydrogen (secondary N) is 2. The molecule has 2 N–H and O–H groups in total. The van der Waals surface area contributed by atoms with E-state index in [0.717, 1.165) is 16.8 Å². The molecular weight excluding hydrogens is 348 g/mol. The van der Waals surface area contributed by atoms with Crippen LogP contribution in [0.15, 0.2) is 47.4 Å². The Morgan fingerprint density at radius 3 is 2.23 bits per heavy atom. The second-order valence-corrected chi connectivity index (χ2v) is 9.02. The highest BCUT2D eigenvalue weighted by Crippen LogP contribution is 2.39. The van der Waals surface area contributed by atoms with Gasteiger partial charge in [0.1, 0.15) is 0 Å². The smallest absolute Gasteiger partial charge is 0.261 e. The maximum Gasteiger partial charge on any atom is 0.261 e. The fourth-order valence-corrected chi connectivity index (χ4v) is 4.31. The Bertz CT molecular complexity index is 932. The molecule has 0 aromatic heterocycles. The first kappa shape index (κ1) is 18.5. The molecule has 0 saturated heterocycles. The van der Waals surface area contributed by atoms with Gasteiger partial charge in [-0.05, 0) is 53.3 Å². The number of rotatable bonds is 5. The number of anilines is 2. The van der Waals surface area contributed by atoms with Crippen LogP contribution in [-0.2, 0) is 14.8 Å². The van der Waals surface area contributed by atoms with E-state index in [1.165, 1.54) is 0 Å². The summed E-state index contributed by atoms with van der Waals surface area (Å²) in [6.45, 7) is 8.08. The van der Waals surface area contributed by atoms with Crippen LogP contribution in [0.25, 0.3) is 0 Å². The van der Waals surface area contributed by atoms with Crippen molar-refractivity contribution in [2.75, 3.05) is 10.0 Å². The van der Waals surface area contributed by atoms with Gasteiger partial charge in [0.15, 0.2) is 0 Å². The molecule has 1 atom stereocenters. The molecule has 138 valence electrons. The molecule has 0 aliphatic carbocycles. The summed E-state index contributed by atoms with van der Waals surface area (Å²) >= 11 is 0. The van der Waals surface area contributed by atoms with Crippen molar-refractivity contribution in [2.45, 2.75) is 44.4 Å².